The number of thiol groups is 1. The van der Waals surface area contributed by atoms with E-state index >= 15 is 0 Å². The van der Waals surface area contributed by atoms with Gasteiger partial charge in [0.25, 0.3) is 0 Å². The van der Waals surface area contributed by atoms with Gasteiger partial charge in [0.2, 0.25) is 0 Å². The number of benzene rings is 2. The summed E-state index contributed by atoms with van der Waals surface area (Å²) in [6, 6.07) is 17.9. The molecule has 0 saturated carbocycles. The van der Waals surface area contributed by atoms with E-state index in [1.807, 2.05) is 36.4 Å². The van der Waals surface area contributed by atoms with Crippen molar-refractivity contribution >= 4 is 24.8 Å². The second-order valence-corrected chi connectivity index (χ2v) is 7.48. The van der Waals surface area contributed by atoms with Crippen LogP contribution in [0.5, 0.6) is 5.75 Å². The highest BCUT2D eigenvalue weighted by Crippen LogP contribution is 2.16. The molecule has 2 aromatic rings. The molecule has 0 amide bonds. The molecular weight excluding hydrogens is 362 g/mol. The Balaban J connectivity index is 1.60. The molecule has 0 N–H and O–H groups in total. The zero-order valence-electron chi connectivity index (χ0n) is 16.6. The van der Waals surface area contributed by atoms with E-state index in [-0.39, 0.29) is 0 Å². The van der Waals surface area contributed by atoms with Gasteiger partial charge >= 0.3 is 0 Å². The lowest BCUT2D eigenvalue weighted by atomic mass is 10.1. The summed E-state index contributed by atoms with van der Waals surface area (Å²) in [5, 5.41) is 8.83. The first kappa shape index (κ1) is 22.1. The molecule has 2 nitrogen and oxygen atoms in total. The van der Waals surface area contributed by atoms with E-state index in [0.717, 1.165) is 35.7 Å². The van der Waals surface area contributed by atoms with Crippen molar-refractivity contribution in [3.8, 4) is 11.8 Å². The van der Waals surface area contributed by atoms with Crippen LogP contribution in [0.15, 0.2) is 48.5 Å². The van der Waals surface area contributed by atoms with E-state index in [9.17, 15) is 0 Å². The fourth-order valence-electron chi connectivity index (χ4n) is 3.00. The fraction of sp³-hybridized carbons (Fsp3) is 0.400. The van der Waals surface area contributed by atoms with Gasteiger partial charge in [-0.15, -0.1) is 0 Å². The summed E-state index contributed by atoms with van der Waals surface area (Å²) < 4.78 is 5.85. The van der Waals surface area contributed by atoms with Gasteiger partial charge in [0, 0.05) is 0 Å². The Bertz CT molecular complexity index is 729. The summed E-state index contributed by atoms with van der Waals surface area (Å²) in [5.74, 6) is 1.95. The SMILES string of the molecule is N#Cc1ccc(/C=C/c2ccc(OCCCCCCCCCCS)cc2)cc1. The zero-order chi connectivity index (χ0) is 19.9. The van der Waals surface area contributed by atoms with Crippen LogP contribution >= 0.6 is 12.6 Å². The van der Waals surface area contributed by atoms with Crippen molar-refractivity contribution in [3.63, 3.8) is 0 Å². The van der Waals surface area contributed by atoms with Crippen molar-refractivity contribution in [1.29, 1.82) is 5.26 Å². The summed E-state index contributed by atoms with van der Waals surface area (Å²) in [5.41, 5.74) is 2.90. The molecule has 0 aliphatic rings. The third kappa shape index (κ3) is 9.15. The third-order valence-electron chi connectivity index (χ3n) is 4.71. The Hall–Kier alpha value is -2.18. The molecule has 2 aromatic carbocycles. The van der Waals surface area contributed by atoms with Crippen LogP contribution in [0.2, 0.25) is 0 Å². The highest BCUT2D eigenvalue weighted by Gasteiger charge is 1.96. The maximum absolute atomic E-state index is 8.83. The summed E-state index contributed by atoms with van der Waals surface area (Å²) in [6.07, 6.45) is 14.4. The molecule has 148 valence electrons. The van der Waals surface area contributed by atoms with E-state index in [2.05, 4.69) is 43.0 Å². The van der Waals surface area contributed by atoms with Crippen LogP contribution in [-0.2, 0) is 0 Å². The molecule has 28 heavy (non-hydrogen) atoms. The lowest BCUT2D eigenvalue weighted by Gasteiger charge is -2.06. The summed E-state index contributed by atoms with van der Waals surface area (Å²) in [4.78, 5) is 0. The van der Waals surface area contributed by atoms with Crippen LogP contribution in [0.4, 0.5) is 0 Å². The number of nitriles is 1. The van der Waals surface area contributed by atoms with E-state index < -0.39 is 0 Å². The highest BCUT2D eigenvalue weighted by molar-refractivity contribution is 7.80. The molecule has 0 aromatic heterocycles. The van der Waals surface area contributed by atoms with Crippen LogP contribution < -0.4 is 4.74 Å². The van der Waals surface area contributed by atoms with E-state index in [0.29, 0.717) is 5.56 Å². The topological polar surface area (TPSA) is 33.0 Å². The minimum absolute atomic E-state index is 0.683. The van der Waals surface area contributed by atoms with Crippen molar-refractivity contribution in [2.45, 2.75) is 51.4 Å². The Kier molecular flexibility index (Phi) is 11.0. The Morgan fingerprint density at radius 2 is 1.21 bits per heavy atom. The second kappa shape index (κ2) is 13.9. The fourth-order valence-corrected chi connectivity index (χ4v) is 3.22. The average Bonchev–Trinajstić information content (AvgIpc) is 2.75. The smallest absolute Gasteiger partial charge is 0.119 e. The first-order valence-corrected chi connectivity index (χ1v) is 11.0. The largest absolute Gasteiger partial charge is 0.494 e. The first-order chi connectivity index (χ1) is 13.8. The van der Waals surface area contributed by atoms with Crippen molar-refractivity contribution in [3.05, 3.63) is 65.2 Å². The van der Waals surface area contributed by atoms with Gasteiger partial charge in [-0.1, -0.05) is 74.9 Å². The van der Waals surface area contributed by atoms with E-state index in [1.165, 1.54) is 44.9 Å². The lowest BCUT2D eigenvalue weighted by molar-refractivity contribution is 0.304. The number of rotatable bonds is 13. The maximum atomic E-state index is 8.83. The quantitative estimate of drug-likeness (QED) is 0.222. The average molecular weight is 394 g/mol. The van der Waals surface area contributed by atoms with Gasteiger partial charge in [0.15, 0.2) is 0 Å². The number of ether oxygens (including phenoxy) is 1. The van der Waals surface area contributed by atoms with E-state index in [4.69, 9.17) is 10.00 Å². The molecule has 0 unspecified atom stereocenters. The molecule has 2 rings (SSSR count). The molecular formula is C25H31NOS. The molecule has 0 heterocycles. The lowest BCUT2D eigenvalue weighted by Crippen LogP contribution is -1.97. The second-order valence-electron chi connectivity index (χ2n) is 7.04. The Morgan fingerprint density at radius 3 is 1.75 bits per heavy atom. The molecule has 0 bridgehead atoms. The number of unbranched alkanes of at least 4 members (excludes halogenated alkanes) is 7. The number of hydrogen-bond acceptors (Lipinski definition) is 3. The van der Waals surface area contributed by atoms with Crippen LogP contribution in [-0.4, -0.2) is 12.4 Å². The monoisotopic (exact) mass is 393 g/mol. The molecule has 0 atom stereocenters. The van der Waals surface area contributed by atoms with Crippen LogP contribution in [0.25, 0.3) is 12.2 Å². The minimum Gasteiger partial charge on any atom is -0.494 e. The Labute approximate surface area is 175 Å². The normalized spacial score (nSPS) is 10.9. The van der Waals surface area contributed by atoms with Crippen LogP contribution in [0.1, 0.15) is 68.1 Å². The zero-order valence-corrected chi connectivity index (χ0v) is 17.5. The third-order valence-corrected chi connectivity index (χ3v) is 5.03. The van der Waals surface area contributed by atoms with Crippen LogP contribution in [0.3, 0.4) is 0 Å². The van der Waals surface area contributed by atoms with Crippen molar-refractivity contribution < 1.29 is 4.74 Å². The van der Waals surface area contributed by atoms with Gasteiger partial charge in [-0.05, 0) is 54.0 Å². The van der Waals surface area contributed by atoms with Crippen molar-refractivity contribution in [1.82, 2.24) is 0 Å². The Morgan fingerprint density at radius 1 is 0.714 bits per heavy atom. The van der Waals surface area contributed by atoms with Gasteiger partial charge < -0.3 is 4.74 Å². The van der Waals surface area contributed by atoms with Gasteiger partial charge in [0.1, 0.15) is 5.75 Å². The summed E-state index contributed by atoms with van der Waals surface area (Å²) in [6.45, 7) is 0.792. The van der Waals surface area contributed by atoms with Crippen LogP contribution in [0, 0.1) is 11.3 Å². The molecule has 0 radical (unpaired) electrons. The van der Waals surface area contributed by atoms with Crippen molar-refractivity contribution in [2.24, 2.45) is 0 Å². The molecule has 0 aliphatic carbocycles. The first-order valence-electron chi connectivity index (χ1n) is 10.3. The molecule has 0 aliphatic heterocycles. The summed E-state index contributed by atoms with van der Waals surface area (Å²) in [7, 11) is 0. The van der Waals surface area contributed by atoms with E-state index in [1.54, 1.807) is 0 Å². The van der Waals surface area contributed by atoms with Gasteiger partial charge in [-0.25, -0.2) is 0 Å². The number of nitrogens with zero attached hydrogens (tertiary/aromatic N) is 1. The predicted octanol–water partition coefficient (Wildman–Crippen LogP) is 7.16. The van der Waals surface area contributed by atoms with Gasteiger partial charge in [0.05, 0.1) is 18.2 Å². The summed E-state index contributed by atoms with van der Waals surface area (Å²) >= 11 is 4.24. The molecule has 0 saturated heterocycles. The minimum atomic E-state index is 0.683. The number of hydrogen-bond donors (Lipinski definition) is 1. The predicted molar refractivity (Wildman–Crippen MR) is 123 cm³/mol. The highest BCUT2D eigenvalue weighted by atomic mass is 32.1. The van der Waals surface area contributed by atoms with Gasteiger partial charge in [-0.2, -0.15) is 17.9 Å². The van der Waals surface area contributed by atoms with Gasteiger partial charge in [-0.3, -0.25) is 0 Å². The standard InChI is InChI=1S/C25H31NOS/c26-21-24-13-11-22(12-14-24)9-10-23-15-17-25(18-16-23)27-19-7-5-3-1-2-4-6-8-20-28/h9-18,28H,1-8,19-20H2/b10-9+. The molecule has 3 heteroatoms. The molecule has 0 fully saturated rings. The molecule has 0 spiro atoms. The maximum Gasteiger partial charge on any atom is 0.119 e. The van der Waals surface area contributed by atoms with Crippen molar-refractivity contribution in [2.75, 3.05) is 12.4 Å².